The van der Waals surface area contributed by atoms with Gasteiger partial charge in [-0.15, -0.1) is 5.10 Å². The summed E-state index contributed by atoms with van der Waals surface area (Å²) in [5.41, 5.74) is 1.44. The third kappa shape index (κ3) is 3.69. The summed E-state index contributed by atoms with van der Waals surface area (Å²) < 4.78 is 19.3. The standard InChI is InChI=1S/C23H16BrN3O4S/c1-29-18-9-5-14(11-19(18)30-2)21-25-23-27(26-21)22(28)20(32-23)12-16-8-10-17(31-16)13-3-6-15(24)7-4-13/h3-12H,1-2H3/b20-12-. The molecule has 0 saturated carbocycles. The molecule has 9 heteroatoms. The van der Waals surface area contributed by atoms with Crippen LogP contribution in [0.15, 0.2) is 68.3 Å². The summed E-state index contributed by atoms with van der Waals surface area (Å²) in [5.74, 6) is 2.94. The van der Waals surface area contributed by atoms with E-state index in [1.807, 2.05) is 42.5 Å². The molecule has 0 N–H and O–H groups in total. The SMILES string of the molecule is COc1ccc(-c2nc3s/c(=C\c4ccc(-c5ccc(Br)cc5)o4)c(=O)n3n2)cc1OC. The maximum Gasteiger partial charge on any atom is 0.291 e. The Morgan fingerprint density at radius 2 is 1.75 bits per heavy atom. The number of aromatic nitrogens is 3. The molecule has 2 aromatic carbocycles. The molecule has 0 aliphatic rings. The van der Waals surface area contributed by atoms with Crippen molar-refractivity contribution in [3.63, 3.8) is 0 Å². The van der Waals surface area contributed by atoms with Crippen molar-refractivity contribution in [1.82, 2.24) is 14.6 Å². The fourth-order valence-electron chi connectivity index (χ4n) is 3.26. The monoisotopic (exact) mass is 509 g/mol. The van der Waals surface area contributed by atoms with Gasteiger partial charge in [0, 0.05) is 21.7 Å². The highest BCUT2D eigenvalue weighted by molar-refractivity contribution is 9.10. The lowest BCUT2D eigenvalue weighted by atomic mass is 10.2. The van der Waals surface area contributed by atoms with Gasteiger partial charge in [-0.1, -0.05) is 39.4 Å². The first-order valence-electron chi connectivity index (χ1n) is 9.55. The molecular weight excluding hydrogens is 494 g/mol. The Morgan fingerprint density at radius 1 is 1.00 bits per heavy atom. The summed E-state index contributed by atoms with van der Waals surface area (Å²) in [5, 5.41) is 4.39. The van der Waals surface area contributed by atoms with Gasteiger partial charge in [-0.25, -0.2) is 0 Å². The molecular formula is C23H16BrN3O4S. The summed E-state index contributed by atoms with van der Waals surface area (Å²) in [4.78, 5) is 17.9. The van der Waals surface area contributed by atoms with Crippen molar-refractivity contribution in [2.45, 2.75) is 0 Å². The molecule has 0 bridgehead atoms. The molecule has 0 unspecified atom stereocenters. The van der Waals surface area contributed by atoms with E-state index in [9.17, 15) is 4.79 Å². The van der Waals surface area contributed by atoms with Gasteiger partial charge in [0.2, 0.25) is 4.96 Å². The first-order valence-corrected chi connectivity index (χ1v) is 11.2. The molecule has 5 aromatic rings. The lowest BCUT2D eigenvalue weighted by Gasteiger charge is -2.07. The number of hydrogen-bond donors (Lipinski definition) is 0. The molecule has 160 valence electrons. The minimum absolute atomic E-state index is 0.245. The van der Waals surface area contributed by atoms with Gasteiger partial charge in [-0.05, 0) is 42.5 Å². The smallest absolute Gasteiger partial charge is 0.291 e. The Balaban J connectivity index is 1.49. The van der Waals surface area contributed by atoms with E-state index in [1.54, 1.807) is 32.4 Å². The van der Waals surface area contributed by atoms with Crippen LogP contribution >= 0.6 is 27.3 Å². The van der Waals surface area contributed by atoms with Crippen LogP contribution in [0.25, 0.3) is 33.7 Å². The van der Waals surface area contributed by atoms with E-state index < -0.39 is 0 Å². The minimum Gasteiger partial charge on any atom is -0.493 e. The van der Waals surface area contributed by atoms with Gasteiger partial charge in [0.15, 0.2) is 17.3 Å². The van der Waals surface area contributed by atoms with Crippen LogP contribution in [0.4, 0.5) is 0 Å². The highest BCUT2D eigenvalue weighted by Gasteiger charge is 2.14. The average molecular weight is 510 g/mol. The number of benzene rings is 2. The zero-order valence-electron chi connectivity index (χ0n) is 17.0. The average Bonchev–Trinajstić information content (AvgIpc) is 3.51. The van der Waals surface area contributed by atoms with Crippen LogP contribution in [0.3, 0.4) is 0 Å². The highest BCUT2D eigenvalue weighted by Crippen LogP contribution is 2.31. The molecule has 0 saturated heterocycles. The molecule has 0 spiro atoms. The number of methoxy groups -OCH3 is 2. The Bertz CT molecular complexity index is 1540. The topological polar surface area (TPSA) is 78.9 Å². The van der Waals surface area contributed by atoms with E-state index in [0.29, 0.717) is 32.6 Å². The van der Waals surface area contributed by atoms with Crippen molar-refractivity contribution in [3.8, 4) is 34.2 Å². The van der Waals surface area contributed by atoms with Gasteiger partial charge < -0.3 is 13.9 Å². The number of nitrogens with zero attached hydrogens (tertiary/aromatic N) is 3. The third-order valence-corrected chi connectivity index (χ3v) is 6.34. The Labute approximate surface area is 194 Å². The van der Waals surface area contributed by atoms with Gasteiger partial charge in [0.25, 0.3) is 5.56 Å². The van der Waals surface area contributed by atoms with Gasteiger partial charge >= 0.3 is 0 Å². The maximum atomic E-state index is 12.9. The fourth-order valence-corrected chi connectivity index (χ4v) is 4.41. The second-order valence-corrected chi connectivity index (χ2v) is 8.75. The van der Waals surface area contributed by atoms with E-state index in [-0.39, 0.29) is 5.56 Å². The van der Waals surface area contributed by atoms with E-state index in [1.165, 1.54) is 15.9 Å². The summed E-state index contributed by atoms with van der Waals surface area (Å²) in [6.45, 7) is 0. The molecule has 0 aliphatic heterocycles. The van der Waals surface area contributed by atoms with Crippen LogP contribution in [0, 0.1) is 0 Å². The summed E-state index contributed by atoms with van der Waals surface area (Å²) in [6, 6.07) is 16.9. The molecule has 32 heavy (non-hydrogen) atoms. The number of halogens is 1. The Hall–Kier alpha value is -3.43. The van der Waals surface area contributed by atoms with Crippen LogP contribution in [-0.4, -0.2) is 28.8 Å². The molecule has 3 aromatic heterocycles. The van der Waals surface area contributed by atoms with Gasteiger partial charge in [-0.3, -0.25) is 4.79 Å². The van der Waals surface area contributed by atoms with Gasteiger partial charge in [0.05, 0.1) is 14.2 Å². The number of hydrogen-bond acceptors (Lipinski definition) is 7. The van der Waals surface area contributed by atoms with Crippen molar-refractivity contribution < 1.29 is 13.9 Å². The Morgan fingerprint density at radius 3 is 2.47 bits per heavy atom. The largest absolute Gasteiger partial charge is 0.493 e. The summed E-state index contributed by atoms with van der Waals surface area (Å²) >= 11 is 4.68. The maximum absolute atomic E-state index is 12.9. The zero-order valence-corrected chi connectivity index (χ0v) is 19.4. The molecule has 0 atom stereocenters. The highest BCUT2D eigenvalue weighted by atomic mass is 79.9. The van der Waals surface area contributed by atoms with Crippen LogP contribution in [0.1, 0.15) is 5.76 Å². The second-order valence-electron chi connectivity index (χ2n) is 6.82. The van der Waals surface area contributed by atoms with Gasteiger partial charge in [0.1, 0.15) is 16.1 Å². The van der Waals surface area contributed by atoms with E-state index in [4.69, 9.17) is 13.9 Å². The molecule has 0 amide bonds. The lowest BCUT2D eigenvalue weighted by molar-refractivity contribution is 0.355. The van der Waals surface area contributed by atoms with E-state index >= 15 is 0 Å². The zero-order chi connectivity index (χ0) is 22.2. The predicted molar refractivity (Wildman–Crippen MR) is 126 cm³/mol. The second kappa shape index (κ2) is 8.25. The lowest BCUT2D eigenvalue weighted by Crippen LogP contribution is -2.23. The van der Waals surface area contributed by atoms with Crippen LogP contribution < -0.4 is 19.6 Å². The van der Waals surface area contributed by atoms with E-state index in [0.717, 1.165) is 21.4 Å². The third-order valence-electron chi connectivity index (χ3n) is 4.85. The molecule has 0 fully saturated rings. The summed E-state index contributed by atoms with van der Waals surface area (Å²) in [6.07, 6.45) is 1.71. The molecule has 3 heterocycles. The van der Waals surface area contributed by atoms with Crippen molar-refractivity contribution in [3.05, 3.63) is 79.7 Å². The minimum atomic E-state index is -0.245. The van der Waals surface area contributed by atoms with Crippen LogP contribution in [0.5, 0.6) is 11.5 Å². The van der Waals surface area contributed by atoms with Crippen LogP contribution in [0.2, 0.25) is 0 Å². The summed E-state index contributed by atoms with van der Waals surface area (Å²) in [7, 11) is 3.14. The normalized spacial score (nSPS) is 11.9. The van der Waals surface area contributed by atoms with E-state index in [2.05, 4.69) is 26.0 Å². The number of ether oxygens (including phenoxy) is 2. The fraction of sp³-hybridized carbons (Fsp3) is 0.0870. The van der Waals surface area contributed by atoms with Crippen LogP contribution in [-0.2, 0) is 0 Å². The quantitative estimate of drug-likeness (QED) is 0.349. The first-order chi connectivity index (χ1) is 15.6. The predicted octanol–water partition coefficient (Wildman–Crippen LogP) is 4.41. The number of fused-ring (bicyclic) bond motifs is 1. The molecule has 5 rings (SSSR count). The molecule has 7 nitrogen and oxygen atoms in total. The van der Waals surface area contributed by atoms with Crippen molar-refractivity contribution >= 4 is 38.3 Å². The molecule has 0 aliphatic carbocycles. The van der Waals surface area contributed by atoms with Crippen molar-refractivity contribution in [1.29, 1.82) is 0 Å². The molecule has 0 radical (unpaired) electrons. The number of rotatable bonds is 5. The van der Waals surface area contributed by atoms with Gasteiger partial charge in [-0.2, -0.15) is 9.50 Å². The first kappa shape index (κ1) is 20.5. The number of furan rings is 1. The Kier molecular flexibility index (Phi) is 5.28. The van der Waals surface area contributed by atoms with Crippen molar-refractivity contribution in [2.24, 2.45) is 0 Å². The number of thiazole rings is 1. The van der Waals surface area contributed by atoms with Crippen molar-refractivity contribution in [2.75, 3.05) is 14.2 Å².